The number of aliphatic hydroxyl groups is 1. The summed E-state index contributed by atoms with van der Waals surface area (Å²) in [5, 5.41) is 10.3. The van der Waals surface area contributed by atoms with Crippen LogP contribution in [0.5, 0.6) is 0 Å². The van der Waals surface area contributed by atoms with Crippen molar-refractivity contribution >= 4 is 0 Å². The van der Waals surface area contributed by atoms with Gasteiger partial charge in [-0.3, -0.25) is 0 Å². The summed E-state index contributed by atoms with van der Waals surface area (Å²) in [6, 6.07) is 0. The molecule has 0 aromatic rings. The van der Waals surface area contributed by atoms with Crippen LogP contribution in [0.1, 0.15) is 120 Å². The highest BCUT2D eigenvalue weighted by atomic mass is 16.3. The van der Waals surface area contributed by atoms with E-state index in [9.17, 15) is 5.11 Å². The first-order valence-electron chi connectivity index (χ1n) is 13.7. The van der Waals surface area contributed by atoms with Crippen LogP contribution >= 0.6 is 0 Å². The van der Waals surface area contributed by atoms with Gasteiger partial charge in [-0.1, -0.05) is 59.6 Å². The van der Waals surface area contributed by atoms with Gasteiger partial charge in [-0.2, -0.15) is 0 Å². The van der Waals surface area contributed by atoms with Crippen molar-refractivity contribution < 1.29 is 5.11 Å². The Labute approximate surface area is 193 Å². The predicted octanol–water partition coefficient (Wildman–Crippen LogP) is 8.41. The lowest BCUT2D eigenvalue weighted by Crippen LogP contribution is -2.54. The molecule has 3 saturated carbocycles. The summed E-state index contributed by atoms with van der Waals surface area (Å²) in [6.45, 7) is 19.1. The quantitative estimate of drug-likeness (QED) is 0.436. The molecule has 0 bridgehead atoms. The Hall–Kier alpha value is -0.300. The average molecular weight is 429 g/mol. The smallest absolute Gasteiger partial charge is 0.0617 e. The second-order valence-electron chi connectivity index (χ2n) is 14.1. The molecule has 1 N–H and O–H groups in total. The SMILES string of the molecule is CC(CCCC1CCC2C3CC=C4C(CCC(C)C4(C)C)C3(C)CCC12C)C(C)(C)O. The van der Waals surface area contributed by atoms with Gasteiger partial charge in [-0.15, -0.1) is 0 Å². The molecule has 31 heavy (non-hydrogen) atoms. The molecule has 0 aromatic heterocycles. The summed E-state index contributed by atoms with van der Waals surface area (Å²) >= 11 is 0. The highest BCUT2D eigenvalue weighted by molar-refractivity contribution is 5.28. The summed E-state index contributed by atoms with van der Waals surface area (Å²) < 4.78 is 0. The third-order valence-electron chi connectivity index (χ3n) is 12.2. The van der Waals surface area contributed by atoms with Gasteiger partial charge in [0.1, 0.15) is 0 Å². The van der Waals surface area contributed by atoms with Crippen LogP contribution in [-0.2, 0) is 0 Å². The van der Waals surface area contributed by atoms with Crippen LogP contribution in [0, 0.1) is 51.8 Å². The second kappa shape index (κ2) is 7.89. The highest BCUT2D eigenvalue weighted by Gasteiger charge is 2.61. The van der Waals surface area contributed by atoms with Crippen molar-refractivity contribution in [2.75, 3.05) is 0 Å². The van der Waals surface area contributed by atoms with Crippen LogP contribution in [0.15, 0.2) is 11.6 Å². The summed E-state index contributed by atoms with van der Waals surface area (Å²) in [5.74, 6) is 4.81. The molecule has 1 heteroatoms. The molecule has 8 unspecified atom stereocenters. The minimum Gasteiger partial charge on any atom is -0.390 e. The molecule has 4 aliphatic rings. The van der Waals surface area contributed by atoms with Gasteiger partial charge in [0.05, 0.1) is 5.60 Å². The predicted molar refractivity (Wildman–Crippen MR) is 133 cm³/mol. The Bertz CT molecular complexity index is 696. The second-order valence-corrected chi connectivity index (χ2v) is 14.1. The lowest BCUT2D eigenvalue weighted by molar-refractivity contribution is -0.0831. The monoisotopic (exact) mass is 428 g/mol. The molecule has 178 valence electrons. The fourth-order valence-corrected chi connectivity index (χ4v) is 8.95. The van der Waals surface area contributed by atoms with Crippen LogP contribution in [0.2, 0.25) is 0 Å². The summed E-state index contributed by atoms with van der Waals surface area (Å²) in [6.07, 6.45) is 16.6. The van der Waals surface area contributed by atoms with Gasteiger partial charge in [0.2, 0.25) is 0 Å². The molecular weight excluding hydrogens is 376 g/mol. The van der Waals surface area contributed by atoms with Crippen LogP contribution in [0.3, 0.4) is 0 Å². The third kappa shape index (κ3) is 3.77. The van der Waals surface area contributed by atoms with Crippen molar-refractivity contribution in [2.24, 2.45) is 51.8 Å². The van der Waals surface area contributed by atoms with Gasteiger partial charge in [0.25, 0.3) is 0 Å². The molecule has 0 radical (unpaired) electrons. The molecular formula is C30H52O. The number of fused-ring (bicyclic) bond motifs is 5. The van der Waals surface area contributed by atoms with E-state index in [0.29, 0.717) is 22.2 Å². The maximum absolute atomic E-state index is 10.3. The minimum atomic E-state index is -0.536. The van der Waals surface area contributed by atoms with E-state index in [1.165, 1.54) is 64.2 Å². The van der Waals surface area contributed by atoms with Crippen molar-refractivity contribution in [3.63, 3.8) is 0 Å². The molecule has 0 saturated heterocycles. The van der Waals surface area contributed by atoms with Gasteiger partial charge in [0.15, 0.2) is 0 Å². The maximum Gasteiger partial charge on any atom is 0.0617 e. The number of rotatable bonds is 5. The van der Waals surface area contributed by atoms with Crippen molar-refractivity contribution in [1.82, 2.24) is 0 Å². The van der Waals surface area contributed by atoms with E-state index in [0.717, 1.165) is 29.6 Å². The lowest BCUT2D eigenvalue weighted by atomic mass is 9.43. The van der Waals surface area contributed by atoms with Crippen molar-refractivity contribution in [3.8, 4) is 0 Å². The van der Waals surface area contributed by atoms with Crippen LogP contribution in [0.4, 0.5) is 0 Å². The molecule has 1 nitrogen and oxygen atoms in total. The highest BCUT2D eigenvalue weighted by Crippen LogP contribution is 2.69. The zero-order valence-corrected chi connectivity index (χ0v) is 22.1. The van der Waals surface area contributed by atoms with Crippen LogP contribution in [0.25, 0.3) is 0 Å². The van der Waals surface area contributed by atoms with E-state index in [1.807, 2.05) is 19.4 Å². The summed E-state index contributed by atoms with van der Waals surface area (Å²) in [5.41, 5.74) is 2.80. The number of hydrogen-bond acceptors (Lipinski definition) is 1. The Kier molecular flexibility index (Phi) is 6.07. The zero-order valence-electron chi connectivity index (χ0n) is 22.1. The lowest BCUT2D eigenvalue weighted by Gasteiger charge is -2.62. The van der Waals surface area contributed by atoms with Gasteiger partial charge >= 0.3 is 0 Å². The van der Waals surface area contributed by atoms with E-state index in [4.69, 9.17) is 0 Å². The first-order valence-corrected chi connectivity index (χ1v) is 13.7. The van der Waals surface area contributed by atoms with E-state index >= 15 is 0 Å². The molecule has 3 fully saturated rings. The molecule has 0 aliphatic heterocycles. The molecule has 4 rings (SSSR count). The average Bonchev–Trinajstić information content (AvgIpc) is 3.00. The van der Waals surface area contributed by atoms with E-state index in [-0.39, 0.29) is 0 Å². The Balaban J connectivity index is 1.49. The number of hydrogen-bond donors (Lipinski definition) is 1. The first kappa shape index (κ1) is 23.8. The van der Waals surface area contributed by atoms with Gasteiger partial charge in [-0.05, 0) is 123 Å². The summed E-state index contributed by atoms with van der Waals surface area (Å²) in [4.78, 5) is 0. The largest absolute Gasteiger partial charge is 0.390 e. The topological polar surface area (TPSA) is 20.2 Å². The minimum absolute atomic E-state index is 0.395. The van der Waals surface area contributed by atoms with Crippen molar-refractivity contribution in [2.45, 2.75) is 125 Å². The first-order chi connectivity index (χ1) is 14.3. The third-order valence-corrected chi connectivity index (χ3v) is 12.2. The zero-order chi connectivity index (χ0) is 22.8. The fraction of sp³-hybridized carbons (Fsp3) is 0.933. The van der Waals surface area contributed by atoms with Gasteiger partial charge in [-0.25, -0.2) is 0 Å². The normalized spacial score (nSPS) is 45.3. The molecule has 0 heterocycles. The molecule has 0 amide bonds. The molecule has 0 spiro atoms. The van der Waals surface area contributed by atoms with Crippen LogP contribution < -0.4 is 0 Å². The van der Waals surface area contributed by atoms with Crippen LogP contribution in [-0.4, -0.2) is 10.7 Å². The van der Waals surface area contributed by atoms with Gasteiger partial charge < -0.3 is 5.11 Å². The maximum atomic E-state index is 10.3. The van der Waals surface area contributed by atoms with E-state index < -0.39 is 5.60 Å². The summed E-state index contributed by atoms with van der Waals surface area (Å²) in [7, 11) is 0. The Morgan fingerprint density at radius 3 is 2.35 bits per heavy atom. The fourth-order valence-electron chi connectivity index (χ4n) is 8.95. The molecule has 4 aliphatic carbocycles. The molecule has 0 aromatic carbocycles. The Morgan fingerprint density at radius 2 is 1.68 bits per heavy atom. The standard InChI is InChI=1S/C30H52O/c1-20-12-14-24-23(27(20,3)4)16-17-26-25-15-13-22(11-9-10-21(2)28(5,6)31)29(25,7)18-19-30(24,26)8/h16,20-22,24-26,31H,9-15,17-19H2,1-8H3. The van der Waals surface area contributed by atoms with Crippen molar-refractivity contribution in [3.05, 3.63) is 11.6 Å². The van der Waals surface area contributed by atoms with E-state index in [2.05, 4.69) is 47.6 Å². The Morgan fingerprint density at radius 1 is 1.00 bits per heavy atom. The molecule has 8 atom stereocenters. The van der Waals surface area contributed by atoms with Crippen molar-refractivity contribution in [1.29, 1.82) is 0 Å². The van der Waals surface area contributed by atoms with E-state index in [1.54, 1.807) is 0 Å². The van der Waals surface area contributed by atoms with Gasteiger partial charge in [0, 0.05) is 0 Å². The number of allylic oxidation sites excluding steroid dienone is 2.